The molecule has 1 heterocycles. The molecule has 10 heteroatoms. The standard InChI is InChI=1S/C21H24FN5O4/c1-11(28)12-5-4-6-13(9-12)24-19-14(18(23)29)10-15(22)20(27-19)25-16-7-2-3-8-17(16)26-21(30)31/h4-6,9-10,16-17,26H,2-3,7-8H2,1H3,(H2,23,29)(H,30,31)(H2,24,25,27)/t16-,17+/m1/s1. The molecular weight excluding hydrogens is 405 g/mol. The Morgan fingerprint density at radius 3 is 2.48 bits per heavy atom. The summed E-state index contributed by atoms with van der Waals surface area (Å²) in [6.45, 7) is 1.43. The lowest BCUT2D eigenvalue weighted by atomic mass is 9.90. The molecule has 1 saturated carbocycles. The molecule has 2 aromatic rings. The Morgan fingerprint density at radius 2 is 1.84 bits per heavy atom. The van der Waals surface area contributed by atoms with Crippen LogP contribution >= 0.6 is 0 Å². The average molecular weight is 429 g/mol. The number of Topliss-reactive ketones (excluding diaryl/α,β-unsaturated/α-hetero) is 1. The average Bonchev–Trinajstić information content (AvgIpc) is 2.71. The van der Waals surface area contributed by atoms with Crippen LogP contribution in [0.2, 0.25) is 0 Å². The van der Waals surface area contributed by atoms with Crippen molar-refractivity contribution in [3.8, 4) is 0 Å². The second-order valence-corrected chi connectivity index (χ2v) is 7.43. The number of ketones is 1. The molecule has 0 bridgehead atoms. The Kier molecular flexibility index (Phi) is 6.68. The molecule has 0 radical (unpaired) electrons. The van der Waals surface area contributed by atoms with Gasteiger partial charge in [-0.05, 0) is 38.0 Å². The van der Waals surface area contributed by atoms with Crippen LogP contribution in [0.25, 0.3) is 0 Å². The molecular formula is C21H24FN5O4. The molecule has 1 aliphatic carbocycles. The highest BCUT2D eigenvalue weighted by Crippen LogP contribution is 2.27. The summed E-state index contributed by atoms with van der Waals surface area (Å²) < 4.78 is 14.7. The number of nitrogens with two attached hydrogens (primary N) is 1. The summed E-state index contributed by atoms with van der Waals surface area (Å²) >= 11 is 0. The number of anilines is 3. The number of carbonyl (C=O) groups is 3. The van der Waals surface area contributed by atoms with E-state index in [9.17, 15) is 18.8 Å². The van der Waals surface area contributed by atoms with Crippen molar-refractivity contribution < 1.29 is 23.9 Å². The van der Waals surface area contributed by atoms with Crippen LogP contribution in [0, 0.1) is 5.82 Å². The molecule has 1 aliphatic rings. The fourth-order valence-electron chi connectivity index (χ4n) is 3.64. The van der Waals surface area contributed by atoms with Gasteiger partial charge in [0.1, 0.15) is 5.82 Å². The van der Waals surface area contributed by atoms with E-state index in [0.717, 1.165) is 18.9 Å². The first-order valence-corrected chi connectivity index (χ1v) is 9.89. The van der Waals surface area contributed by atoms with Gasteiger partial charge in [-0.2, -0.15) is 0 Å². The Balaban J connectivity index is 1.92. The monoisotopic (exact) mass is 429 g/mol. The van der Waals surface area contributed by atoms with E-state index in [1.165, 1.54) is 6.92 Å². The molecule has 0 spiro atoms. The lowest BCUT2D eigenvalue weighted by Gasteiger charge is -2.32. The van der Waals surface area contributed by atoms with Gasteiger partial charge in [-0.3, -0.25) is 9.59 Å². The van der Waals surface area contributed by atoms with Crippen molar-refractivity contribution in [1.82, 2.24) is 10.3 Å². The number of primary amides is 1. The van der Waals surface area contributed by atoms with E-state index in [0.29, 0.717) is 24.1 Å². The zero-order chi connectivity index (χ0) is 22.5. The molecule has 0 saturated heterocycles. The van der Waals surface area contributed by atoms with Crippen molar-refractivity contribution in [3.05, 3.63) is 47.3 Å². The smallest absolute Gasteiger partial charge is 0.404 e. The Labute approximate surface area is 178 Å². The number of nitrogens with zero attached hydrogens (tertiary/aromatic N) is 1. The van der Waals surface area contributed by atoms with Crippen LogP contribution in [-0.2, 0) is 0 Å². The molecule has 0 unspecified atom stereocenters. The third-order valence-electron chi connectivity index (χ3n) is 5.17. The normalized spacial score (nSPS) is 18.1. The van der Waals surface area contributed by atoms with Crippen LogP contribution in [0.3, 0.4) is 0 Å². The van der Waals surface area contributed by atoms with E-state index in [1.807, 2.05) is 0 Å². The van der Waals surface area contributed by atoms with Crippen molar-refractivity contribution in [2.75, 3.05) is 10.6 Å². The summed E-state index contributed by atoms with van der Waals surface area (Å²) in [5, 5.41) is 17.4. The molecule has 1 fully saturated rings. The van der Waals surface area contributed by atoms with Gasteiger partial charge < -0.3 is 26.8 Å². The maximum Gasteiger partial charge on any atom is 0.404 e. The molecule has 1 aromatic carbocycles. The Morgan fingerprint density at radius 1 is 1.13 bits per heavy atom. The van der Waals surface area contributed by atoms with Crippen LogP contribution in [0.5, 0.6) is 0 Å². The van der Waals surface area contributed by atoms with E-state index in [2.05, 4.69) is 20.9 Å². The van der Waals surface area contributed by atoms with Crippen LogP contribution in [0.4, 0.5) is 26.5 Å². The lowest BCUT2D eigenvalue weighted by Crippen LogP contribution is -2.48. The number of halogens is 1. The van der Waals surface area contributed by atoms with Crippen molar-refractivity contribution in [3.63, 3.8) is 0 Å². The van der Waals surface area contributed by atoms with Crippen molar-refractivity contribution >= 4 is 35.1 Å². The van der Waals surface area contributed by atoms with E-state index < -0.39 is 23.9 Å². The summed E-state index contributed by atoms with van der Waals surface area (Å²) in [5.74, 6) is -1.89. The van der Waals surface area contributed by atoms with Crippen LogP contribution in [-0.4, -0.2) is 40.0 Å². The summed E-state index contributed by atoms with van der Waals surface area (Å²) in [6, 6.07) is 6.79. The van der Waals surface area contributed by atoms with Gasteiger partial charge >= 0.3 is 6.09 Å². The number of pyridine rings is 1. The molecule has 1 aromatic heterocycles. The summed E-state index contributed by atoms with van der Waals surface area (Å²) in [4.78, 5) is 38.8. The first-order chi connectivity index (χ1) is 14.7. The quantitative estimate of drug-likeness (QED) is 0.425. The van der Waals surface area contributed by atoms with Crippen LogP contribution < -0.4 is 21.7 Å². The predicted molar refractivity (Wildman–Crippen MR) is 113 cm³/mol. The molecule has 0 aliphatic heterocycles. The molecule has 164 valence electrons. The highest BCUT2D eigenvalue weighted by molar-refractivity contribution is 5.99. The maximum absolute atomic E-state index is 14.7. The summed E-state index contributed by atoms with van der Waals surface area (Å²) in [7, 11) is 0. The van der Waals surface area contributed by atoms with Crippen molar-refractivity contribution in [1.29, 1.82) is 0 Å². The van der Waals surface area contributed by atoms with Gasteiger partial charge in [0, 0.05) is 17.3 Å². The van der Waals surface area contributed by atoms with Gasteiger partial charge in [0.25, 0.3) is 5.91 Å². The van der Waals surface area contributed by atoms with E-state index >= 15 is 0 Å². The van der Waals surface area contributed by atoms with Gasteiger partial charge in [-0.15, -0.1) is 0 Å². The fraction of sp³-hybridized carbons (Fsp3) is 0.333. The van der Waals surface area contributed by atoms with E-state index in [-0.39, 0.29) is 29.0 Å². The van der Waals surface area contributed by atoms with Crippen molar-refractivity contribution in [2.45, 2.75) is 44.7 Å². The van der Waals surface area contributed by atoms with Crippen molar-refractivity contribution in [2.24, 2.45) is 5.73 Å². The first-order valence-electron chi connectivity index (χ1n) is 9.89. The zero-order valence-electron chi connectivity index (χ0n) is 16.9. The number of rotatable bonds is 7. The molecule has 9 nitrogen and oxygen atoms in total. The summed E-state index contributed by atoms with van der Waals surface area (Å²) in [6.07, 6.45) is 1.82. The number of carboxylic acid groups (broad SMARTS) is 1. The third kappa shape index (κ3) is 5.47. The van der Waals surface area contributed by atoms with Gasteiger partial charge in [0.15, 0.2) is 17.4 Å². The van der Waals surface area contributed by atoms with Gasteiger partial charge in [0.2, 0.25) is 0 Å². The topological polar surface area (TPSA) is 146 Å². The minimum atomic E-state index is -1.15. The number of carbonyl (C=O) groups excluding carboxylic acids is 2. The second-order valence-electron chi connectivity index (χ2n) is 7.43. The number of nitrogens with one attached hydrogen (secondary N) is 3. The third-order valence-corrected chi connectivity index (χ3v) is 5.17. The van der Waals surface area contributed by atoms with Gasteiger partial charge in [-0.25, -0.2) is 14.2 Å². The predicted octanol–water partition coefficient (Wildman–Crippen LogP) is 3.26. The largest absolute Gasteiger partial charge is 0.465 e. The van der Waals surface area contributed by atoms with Gasteiger partial charge in [-0.1, -0.05) is 25.0 Å². The molecule has 2 atom stereocenters. The molecule has 6 N–H and O–H groups in total. The minimum Gasteiger partial charge on any atom is -0.465 e. The number of benzene rings is 1. The first kappa shape index (κ1) is 22.0. The van der Waals surface area contributed by atoms with Gasteiger partial charge in [0.05, 0.1) is 11.6 Å². The molecule has 2 amide bonds. The number of amides is 2. The Bertz CT molecular complexity index is 1010. The zero-order valence-corrected chi connectivity index (χ0v) is 16.9. The number of aromatic nitrogens is 1. The highest BCUT2D eigenvalue weighted by atomic mass is 19.1. The number of hydrogen-bond acceptors (Lipinski definition) is 6. The van der Waals surface area contributed by atoms with E-state index in [4.69, 9.17) is 10.8 Å². The summed E-state index contributed by atoms with van der Waals surface area (Å²) in [5.41, 5.74) is 6.17. The van der Waals surface area contributed by atoms with Crippen LogP contribution in [0.15, 0.2) is 30.3 Å². The highest BCUT2D eigenvalue weighted by Gasteiger charge is 2.28. The SMILES string of the molecule is CC(=O)c1cccc(Nc2nc(N[C@@H]3CCCC[C@@H]3NC(=O)O)c(F)cc2C(N)=O)c1. The van der Waals surface area contributed by atoms with E-state index in [1.54, 1.807) is 24.3 Å². The minimum absolute atomic E-state index is 0.0238. The fourth-order valence-corrected chi connectivity index (χ4v) is 3.64. The second kappa shape index (κ2) is 9.41. The lowest BCUT2D eigenvalue weighted by molar-refractivity contribution is 0.0996. The Hall–Kier alpha value is -3.69. The number of hydrogen-bond donors (Lipinski definition) is 5. The molecule has 31 heavy (non-hydrogen) atoms. The van der Waals surface area contributed by atoms with Crippen LogP contribution in [0.1, 0.15) is 53.3 Å². The maximum atomic E-state index is 14.7. The molecule has 3 rings (SSSR count).